The Balaban J connectivity index is 1.84. The van der Waals surface area contributed by atoms with Crippen LogP contribution in [-0.4, -0.2) is 21.5 Å². The average Bonchev–Trinajstić information content (AvgIpc) is 2.69. The van der Waals surface area contributed by atoms with Crippen LogP contribution in [0.2, 0.25) is 0 Å². The number of hydrogen-bond acceptors (Lipinski definition) is 4. The molecule has 0 saturated carbocycles. The summed E-state index contributed by atoms with van der Waals surface area (Å²) in [6.07, 6.45) is 1.38. The SMILES string of the molecule is O=S(=O)(Cc1ccccc1)NN=Cc1cccc(OCF)c1-c1ccccc1. The maximum atomic E-state index is 12.8. The third-order valence-electron chi connectivity index (χ3n) is 3.93. The van der Waals surface area contributed by atoms with E-state index >= 15 is 0 Å². The van der Waals surface area contributed by atoms with E-state index in [2.05, 4.69) is 9.93 Å². The smallest absolute Gasteiger partial charge is 0.251 e. The third-order valence-corrected chi connectivity index (χ3v) is 5.02. The summed E-state index contributed by atoms with van der Waals surface area (Å²) in [6, 6.07) is 23.2. The van der Waals surface area contributed by atoms with Gasteiger partial charge in [0, 0.05) is 11.1 Å². The van der Waals surface area contributed by atoms with Crippen molar-refractivity contribution in [3.8, 4) is 16.9 Å². The van der Waals surface area contributed by atoms with Gasteiger partial charge in [0.05, 0.1) is 12.0 Å². The van der Waals surface area contributed by atoms with Gasteiger partial charge in [-0.15, -0.1) is 0 Å². The third kappa shape index (κ3) is 5.17. The summed E-state index contributed by atoms with van der Waals surface area (Å²) in [5.41, 5.74) is 2.69. The standard InChI is InChI=1S/C21H19FN2O3S/c22-16-27-20-13-7-12-19(21(20)18-10-5-2-6-11-18)14-23-24-28(25,26)15-17-8-3-1-4-9-17/h1-14,24H,15-16H2. The fourth-order valence-corrected chi connectivity index (χ4v) is 3.66. The predicted molar refractivity (Wildman–Crippen MR) is 108 cm³/mol. The molecule has 0 heterocycles. The molecule has 0 unspecified atom stereocenters. The molecule has 0 bridgehead atoms. The van der Waals surface area contributed by atoms with Gasteiger partial charge in [-0.2, -0.15) is 5.10 Å². The Kier molecular flexibility index (Phi) is 6.39. The van der Waals surface area contributed by atoms with E-state index < -0.39 is 16.9 Å². The maximum Gasteiger partial charge on any atom is 0.251 e. The fraction of sp³-hybridized carbons (Fsp3) is 0.0952. The van der Waals surface area contributed by atoms with Crippen LogP contribution in [0.4, 0.5) is 4.39 Å². The van der Waals surface area contributed by atoms with E-state index in [1.54, 1.807) is 42.5 Å². The van der Waals surface area contributed by atoms with Gasteiger partial charge >= 0.3 is 0 Å². The van der Waals surface area contributed by atoms with E-state index in [0.717, 1.165) is 5.56 Å². The second kappa shape index (κ2) is 9.14. The first-order valence-electron chi connectivity index (χ1n) is 8.53. The van der Waals surface area contributed by atoms with Gasteiger partial charge in [0.15, 0.2) is 0 Å². The summed E-state index contributed by atoms with van der Waals surface area (Å²) in [7, 11) is -3.64. The van der Waals surface area contributed by atoms with Crippen LogP contribution in [0.25, 0.3) is 11.1 Å². The van der Waals surface area contributed by atoms with E-state index in [0.29, 0.717) is 22.4 Å². The average molecular weight is 398 g/mol. The summed E-state index contributed by atoms with van der Waals surface area (Å²) >= 11 is 0. The maximum absolute atomic E-state index is 12.8. The first-order chi connectivity index (χ1) is 13.6. The highest BCUT2D eigenvalue weighted by atomic mass is 32.2. The molecule has 3 rings (SSSR count). The predicted octanol–water partition coefficient (Wildman–Crippen LogP) is 4.11. The quantitative estimate of drug-likeness (QED) is 0.459. The minimum Gasteiger partial charge on any atom is -0.462 e. The topological polar surface area (TPSA) is 67.8 Å². The van der Waals surface area contributed by atoms with Gasteiger partial charge in [-0.1, -0.05) is 72.8 Å². The monoisotopic (exact) mass is 398 g/mol. The molecule has 5 nitrogen and oxygen atoms in total. The first kappa shape index (κ1) is 19.6. The van der Waals surface area contributed by atoms with Crippen molar-refractivity contribution in [1.82, 2.24) is 4.83 Å². The molecule has 144 valence electrons. The molecule has 3 aromatic carbocycles. The summed E-state index contributed by atoms with van der Waals surface area (Å²) in [6.45, 7) is -0.968. The second-order valence-corrected chi connectivity index (χ2v) is 7.63. The Hall–Kier alpha value is -3.19. The highest BCUT2D eigenvalue weighted by Crippen LogP contribution is 2.32. The zero-order valence-corrected chi connectivity index (χ0v) is 15.8. The normalized spacial score (nSPS) is 11.5. The van der Waals surface area contributed by atoms with Gasteiger partial charge in [0.25, 0.3) is 10.0 Å². The van der Waals surface area contributed by atoms with Crippen molar-refractivity contribution in [3.63, 3.8) is 0 Å². The van der Waals surface area contributed by atoms with E-state index in [-0.39, 0.29) is 5.75 Å². The van der Waals surface area contributed by atoms with Gasteiger partial charge in [0.2, 0.25) is 6.86 Å². The Labute approximate surface area is 163 Å². The summed E-state index contributed by atoms with van der Waals surface area (Å²) < 4.78 is 42.3. The number of nitrogens with zero attached hydrogens (tertiary/aromatic N) is 1. The van der Waals surface area contributed by atoms with Crippen molar-refractivity contribution < 1.29 is 17.5 Å². The number of halogens is 1. The summed E-state index contributed by atoms with van der Waals surface area (Å²) in [5.74, 6) is 0.173. The van der Waals surface area contributed by atoms with Crippen molar-refractivity contribution in [2.75, 3.05) is 6.86 Å². The Morgan fingerprint density at radius 3 is 2.29 bits per heavy atom. The number of hydrogen-bond donors (Lipinski definition) is 1. The lowest BCUT2D eigenvalue weighted by atomic mass is 9.99. The zero-order chi connectivity index (χ0) is 19.8. The number of rotatable bonds is 8. The summed E-state index contributed by atoms with van der Waals surface area (Å²) in [4.78, 5) is 2.21. The van der Waals surface area contributed by atoms with Crippen LogP contribution in [-0.2, 0) is 15.8 Å². The number of benzene rings is 3. The molecule has 0 radical (unpaired) electrons. The van der Waals surface area contributed by atoms with Crippen molar-refractivity contribution in [2.45, 2.75) is 5.75 Å². The van der Waals surface area contributed by atoms with Gasteiger partial charge in [-0.05, 0) is 17.2 Å². The fourth-order valence-electron chi connectivity index (χ4n) is 2.75. The molecule has 0 aliphatic heterocycles. The van der Waals surface area contributed by atoms with E-state index in [1.165, 1.54) is 6.21 Å². The molecule has 0 fully saturated rings. The van der Waals surface area contributed by atoms with E-state index in [9.17, 15) is 12.8 Å². The molecule has 7 heteroatoms. The van der Waals surface area contributed by atoms with Crippen LogP contribution in [0, 0.1) is 0 Å². The molecule has 0 saturated heterocycles. The number of alkyl halides is 1. The van der Waals surface area contributed by atoms with Gasteiger partial charge in [-0.3, -0.25) is 0 Å². The number of hydrazone groups is 1. The van der Waals surface area contributed by atoms with Crippen LogP contribution in [0.3, 0.4) is 0 Å². The van der Waals surface area contributed by atoms with Crippen LogP contribution in [0.1, 0.15) is 11.1 Å². The molecule has 0 aromatic heterocycles. The van der Waals surface area contributed by atoms with E-state index in [4.69, 9.17) is 4.74 Å². The van der Waals surface area contributed by atoms with Gasteiger partial charge in [0.1, 0.15) is 5.75 Å². The minimum atomic E-state index is -3.64. The first-order valence-corrected chi connectivity index (χ1v) is 10.2. The van der Waals surface area contributed by atoms with Gasteiger partial charge < -0.3 is 4.74 Å². The van der Waals surface area contributed by atoms with Gasteiger partial charge in [-0.25, -0.2) is 17.6 Å². The molecule has 0 atom stereocenters. The highest BCUT2D eigenvalue weighted by molar-refractivity contribution is 7.88. The van der Waals surface area contributed by atoms with Crippen molar-refractivity contribution >= 4 is 16.2 Å². The zero-order valence-electron chi connectivity index (χ0n) is 15.0. The van der Waals surface area contributed by atoms with Crippen LogP contribution < -0.4 is 9.57 Å². The van der Waals surface area contributed by atoms with Crippen LogP contribution >= 0.6 is 0 Å². The van der Waals surface area contributed by atoms with Crippen molar-refractivity contribution in [3.05, 3.63) is 90.0 Å². The lowest BCUT2D eigenvalue weighted by Gasteiger charge is -2.12. The van der Waals surface area contributed by atoms with Crippen molar-refractivity contribution in [1.29, 1.82) is 0 Å². The molecule has 28 heavy (non-hydrogen) atoms. The summed E-state index contributed by atoms with van der Waals surface area (Å²) in [5, 5.41) is 3.88. The number of ether oxygens (including phenoxy) is 1. The molecule has 0 amide bonds. The molecule has 0 spiro atoms. The molecule has 3 aromatic rings. The lowest BCUT2D eigenvalue weighted by molar-refractivity contribution is 0.192. The lowest BCUT2D eigenvalue weighted by Crippen LogP contribution is -2.20. The molecule has 0 aliphatic carbocycles. The number of sulfonamides is 1. The van der Waals surface area contributed by atoms with Crippen LogP contribution in [0.15, 0.2) is 84.0 Å². The second-order valence-electron chi connectivity index (χ2n) is 5.93. The molecular formula is C21H19FN2O3S. The molecule has 0 aliphatic rings. The Bertz CT molecular complexity index is 1040. The highest BCUT2D eigenvalue weighted by Gasteiger charge is 2.12. The minimum absolute atomic E-state index is 0.179. The molecular weight excluding hydrogens is 379 g/mol. The largest absolute Gasteiger partial charge is 0.462 e. The Morgan fingerprint density at radius 1 is 0.929 bits per heavy atom. The van der Waals surface area contributed by atoms with E-state index in [1.807, 2.05) is 36.4 Å². The Morgan fingerprint density at radius 2 is 1.61 bits per heavy atom. The molecule has 1 N–H and O–H groups in total. The van der Waals surface area contributed by atoms with Crippen molar-refractivity contribution in [2.24, 2.45) is 5.10 Å². The number of nitrogens with one attached hydrogen (secondary N) is 1. The van der Waals surface area contributed by atoms with Crippen LogP contribution in [0.5, 0.6) is 5.75 Å².